The number of nitrogens with zero attached hydrogens (tertiary/aromatic N) is 1. The number of aryl methyl sites for hydroxylation is 1. The average molecular weight is 518 g/mol. The summed E-state index contributed by atoms with van der Waals surface area (Å²) in [5.74, 6) is -4.33. The Bertz CT molecular complexity index is 995. The van der Waals surface area contributed by atoms with Crippen LogP contribution in [0.25, 0.3) is 11.3 Å². The van der Waals surface area contributed by atoms with E-state index in [9.17, 15) is 0 Å². The number of ether oxygens (including phenoxy) is 2. The van der Waals surface area contributed by atoms with Crippen LogP contribution in [-0.4, -0.2) is 23.8 Å². The lowest BCUT2D eigenvalue weighted by Gasteiger charge is -2.33. The molecular formula is C31H42F3NO2. The Balaban J connectivity index is 1.33. The molecule has 3 unspecified atom stereocenters. The molecule has 1 aromatic heterocycles. The Morgan fingerprint density at radius 1 is 0.919 bits per heavy atom. The van der Waals surface area contributed by atoms with Crippen molar-refractivity contribution in [3.8, 4) is 17.0 Å². The van der Waals surface area contributed by atoms with Crippen LogP contribution in [0.3, 0.4) is 0 Å². The van der Waals surface area contributed by atoms with Crippen molar-refractivity contribution in [1.29, 1.82) is 0 Å². The summed E-state index contributed by atoms with van der Waals surface area (Å²) in [4.78, 5) is 3.97. The van der Waals surface area contributed by atoms with Gasteiger partial charge in [0.1, 0.15) is 18.5 Å². The van der Waals surface area contributed by atoms with E-state index in [4.69, 9.17) is 9.47 Å². The van der Waals surface area contributed by atoms with Crippen molar-refractivity contribution in [3.63, 3.8) is 0 Å². The predicted molar refractivity (Wildman–Crippen MR) is 142 cm³/mol. The van der Waals surface area contributed by atoms with Crippen LogP contribution < -0.4 is 4.74 Å². The predicted octanol–water partition coefficient (Wildman–Crippen LogP) is 9.02. The molecule has 1 fully saturated rings. The van der Waals surface area contributed by atoms with Crippen LogP contribution in [0.4, 0.5) is 13.2 Å². The zero-order valence-corrected chi connectivity index (χ0v) is 22.4. The van der Waals surface area contributed by atoms with E-state index in [2.05, 4.69) is 18.8 Å². The zero-order chi connectivity index (χ0) is 26.3. The maximum atomic E-state index is 15.3. The molecule has 0 bridgehead atoms. The largest absolute Gasteiger partial charge is 0.491 e. The van der Waals surface area contributed by atoms with Gasteiger partial charge in [-0.1, -0.05) is 71.6 Å². The topological polar surface area (TPSA) is 34.6 Å². The third-order valence-corrected chi connectivity index (χ3v) is 7.92. The third kappa shape index (κ3) is 7.28. The molecule has 1 aliphatic heterocycles. The van der Waals surface area contributed by atoms with Gasteiger partial charge < -0.3 is 9.47 Å². The molecule has 2 aliphatic rings. The Morgan fingerprint density at radius 3 is 2.35 bits per heavy atom. The van der Waals surface area contributed by atoms with Crippen LogP contribution in [0.5, 0.6) is 5.75 Å². The third-order valence-electron chi connectivity index (χ3n) is 7.92. The van der Waals surface area contributed by atoms with Gasteiger partial charge in [0.15, 0.2) is 0 Å². The number of aromatic nitrogens is 1. The van der Waals surface area contributed by atoms with Gasteiger partial charge in [-0.05, 0) is 61.6 Å². The number of rotatable bonds is 15. The molecule has 1 aliphatic carbocycles. The number of pyridine rings is 1. The first kappa shape index (κ1) is 27.9. The first-order valence-corrected chi connectivity index (χ1v) is 14.4. The van der Waals surface area contributed by atoms with Crippen LogP contribution in [0.2, 0.25) is 0 Å². The number of halogens is 3. The Kier molecular flexibility index (Phi) is 9.91. The molecule has 37 heavy (non-hydrogen) atoms. The van der Waals surface area contributed by atoms with Crippen LogP contribution in [0, 0.1) is 11.9 Å². The van der Waals surface area contributed by atoms with Crippen LogP contribution in [0.1, 0.15) is 102 Å². The molecule has 2 heterocycles. The van der Waals surface area contributed by atoms with Crippen molar-refractivity contribution < 1.29 is 22.6 Å². The summed E-state index contributed by atoms with van der Waals surface area (Å²) in [5, 5.41) is 0. The zero-order valence-electron chi connectivity index (χ0n) is 22.4. The lowest BCUT2D eigenvalue weighted by molar-refractivity contribution is -0.0824. The first-order chi connectivity index (χ1) is 17.9. The number of fused-ring (bicyclic) bond motifs is 1. The quantitative estimate of drug-likeness (QED) is 0.134. The summed E-state index contributed by atoms with van der Waals surface area (Å²) in [6, 6.07) is 8.87. The van der Waals surface area contributed by atoms with Gasteiger partial charge in [0.05, 0.1) is 17.4 Å². The Hall–Kier alpha value is -2.08. The van der Waals surface area contributed by atoms with Gasteiger partial charge in [0.2, 0.25) is 5.95 Å². The van der Waals surface area contributed by atoms with Crippen LogP contribution >= 0.6 is 0 Å². The van der Waals surface area contributed by atoms with E-state index < -0.39 is 23.4 Å². The van der Waals surface area contributed by atoms with Crippen molar-refractivity contribution in [2.75, 3.05) is 6.61 Å². The molecule has 3 atom stereocenters. The second-order valence-electron chi connectivity index (χ2n) is 10.8. The molecular weight excluding hydrogens is 475 g/mol. The minimum Gasteiger partial charge on any atom is -0.491 e. The van der Waals surface area contributed by atoms with E-state index >= 15 is 13.2 Å². The minimum atomic E-state index is -3.18. The monoisotopic (exact) mass is 517 g/mol. The average Bonchev–Trinajstić information content (AvgIpc) is 3.65. The van der Waals surface area contributed by atoms with E-state index in [1.807, 2.05) is 12.1 Å². The van der Waals surface area contributed by atoms with Gasteiger partial charge in [-0.2, -0.15) is 4.39 Å². The molecule has 0 saturated carbocycles. The van der Waals surface area contributed by atoms with Crippen molar-refractivity contribution in [2.24, 2.45) is 5.92 Å². The summed E-state index contributed by atoms with van der Waals surface area (Å²) >= 11 is 0. The molecule has 1 saturated heterocycles. The molecule has 2 aromatic rings. The number of alkyl halides is 2. The molecule has 1 aromatic carbocycles. The molecule has 0 N–H and O–H groups in total. The molecule has 204 valence electrons. The van der Waals surface area contributed by atoms with E-state index in [1.54, 1.807) is 18.2 Å². The molecule has 6 heteroatoms. The fourth-order valence-electron chi connectivity index (χ4n) is 5.53. The van der Waals surface area contributed by atoms with Gasteiger partial charge in [0.25, 0.3) is 5.92 Å². The minimum absolute atomic E-state index is 0.152. The van der Waals surface area contributed by atoms with Crippen molar-refractivity contribution >= 4 is 0 Å². The van der Waals surface area contributed by atoms with Crippen molar-refractivity contribution in [3.05, 3.63) is 47.4 Å². The highest BCUT2D eigenvalue weighted by Crippen LogP contribution is 2.48. The molecule has 3 nitrogen and oxygen atoms in total. The molecule has 0 spiro atoms. The van der Waals surface area contributed by atoms with Crippen LogP contribution in [0.15, 0.2) is 30.3 Å². The standard InChI is InChI=1S/C31H42F3NO2/c1-3-5-7-8-9-10-11-12-24-17-14-23-20-26(35-30(32)29(23)31(24,33)34)22-15-18-25(19-16-22)36-21-28-27(37-28)13-6-4-2/h15-16,18-20,24,27-28H,3-14,17,21H2,1-2H3. The number of hydrogen-bond acceptors (Lipinski definition) is 3. The fourth-order valence-corrected chi connectivity index (χ4v) is 5.53. The summed E-state index contributed by atoms with van der Waals surface area (Å²) in [5.41, 5.74) is 0.963. The molecule has 4 rings (SSSR count). The smallest absolute Gasteiger partial charge is 0.280 e. The van der Waals surface area contributed by atoms with Gasteiger partial charge in [-0.15, -0.1) is 0 Å². The number of epoxide rings is 1. The fraction of sp³-hybridized carbons (Fsp3) is 0.645. The summed E-state index contributed by atoms with van der Waals surface area (Å²) < 4.78 is 57.2. The van der Waals surface area contributed by atoms with Crippen molar-refractivity contribution in [2.45, 2.75) is 115 Å². The maximum absolute atomic E-state index is 15.3. The highest BCUT2D eigenvalue weighted by molar-refractivity contribution is 5.62. The summed E-state index contributed by atoms with van der Waals surface area (Å²) in [7, 11) is 0. The first-order valence-electron chi connectivity index (χ1n) is 14.4. The lowest BCUT2D eigenvalue weighted by Crippen LogP contribution is -2.33. The van der Waals surface area contributed by atoms with E-state index in [0.717, 1.165) is 38.5 Å². The highest BCUT2D eigenvalue weighted by Gasteiger charge is 2.47. The van der Waals surface area contributed by atoms with E-state index in [-0.39, 0.29) is 6.10 Å². The Labute approximate surface area is 220 Å². The summed E-state index contributed by atoms with van der Waals surface area (Å²) in [6.45, 7) is 4.86. The van der Waals surface area contributed by atoms with Gasteiger partial charge in [-0.25, -0.2) is 13.8 Å². The molecule has 0 radical (unpaired) electrons. The molecule has 0 amide bonds. The van der Waals surface area contributed by atoms with Gasteiger partial charge >= 0.3 is 0 Å². The number of unbranched alkanes of at least 4 members (excludes halogenated alkanes) is 7. The van der Waals surface area contributed by atoms with E-state index in [1.165, 1.54) is 25.7 Å². The van der Waals surface area contributed by atoms with E-state index in [0.29, 0.717) is 54.5 Å². The van der Waals surface area contributed by atoms with Crippen LogP contribution in [-0.2, 0) is 17.1 Å². The van der Waals surface area contributed by atoms with Crippen molar-refractivity contribution in [1.82, 2.24) is 4.98 Å². The highest BCUT2D eigenvalue weighted by atomic mass is 19.3. The Morgan fingerprint density at radius 2 is 1.62 bits per heavy atom. The lowest BCUT2D eigenvalue weighted by atomic mass is 9.78. The maximum Gasteiger partial charge on any atom is 0.280 e. The van der Waals surface area contributed by atoms with Gasteiger partial charge in [0, 0.05) is 11.5 Å². The second kappa shape index (κ2) is 13.1. The second-order valence-corrected chi connectivity index (χ2v) is 10.8. The number of hydrogen-bond donors (Lipinski definition) is 0. The number of benzene rings is 1. The summed E-state index contributed by atoms with van der Waals surface area (Å²) in [6.07, 6.45) is 12.8. The van der Waals surface area contributed by atoms with Gasteiger partial charge in [-0.3, -0.25) is 0 Å². The normalized spacial score (nSPS) is 22.0. The SMILES string of the molecule is CCCCCCCCCC1CCc2cc(-c3ccc(OCC4OC4CCCC)cc3)nc(F)c2C1(F)F.